The van der Waals surface area contributed by atoms with Crippen LogP contribution in [-0.2, 0) is 4.79 Å². The normalized spacial score (nSPS) is 18.8. The number of amides is 1. The standard InChI is InChI=1S/C12H16ClN3O/c13-10-4-2-1-3-9(10)11(7-14)16-6-5-15-12(17)8-16/h1-4,11H,5-8,14H2,(H,15,17). The van der Waals surface area contributed by atoms with Crippen LogP contribution in [0.2, 0.25) is 5.02 Å². The summed E-state index contributed by atoms with van der Waals surface area (Å²) in [4.78, 5) is 13.5. The molecule has 4 nitrogen and oxygen atoms in total. The van der Waals surface area contributed by atoms with Crippen LogP contribution in [0.5, 0.6) is 0 Å². The van der Waals surface area contributed by atoms with E-state index in [1.165, 1.54) is 0 Å². The molecule has 1 aliphatic heterocycles. The molecular weight excluding hydrogens is 238 g/mol. The lowest BCUT2D eigenvalue weighted by Crippen LogP contribution is -2.50. The van der Waals surface area contributed by atoms with Gasteiger partial charge in [-0.1, -0.05) is 29.8 Å². The van der Waals surface area contributed by atoms with Gasteiger partial charge in [0.15, 0.2) is 0 Å². The fourth-order valence-corrected chi connectivity index (χ4v) is 2.40. The summed E-state index contributed by atoms with van der Waals surface area (Å²) in [5.74, 6) is 0.0433. The molecule has 0 radical (unpaired) electrons. The number of carbonyl (C=O) groups excluding carboxylic acids is 1. The molecule has 0 saturated carbocycles. The fraction of sp³-hybridized carbons (Fsp3) is 0.417. The van der Waals surface area contributed by atoms with Gasteiger partial charge in [-0.2, -0.15) is 0 Å². The van der Waals surface area contributed by atoms with Gasteiger partial charge in [0.1, 0.15) is 0 Å². The van der Waals surface area contributed by atoms with Gasteiger partial charge in [0, 0.05) is 30.7 Å². The third kappa shape index (κ3) is 2.77. The van der Waals surface area contributed by atoms with Crippen LogP contribution in [0.1, 0.15) is 11.6 Å². The molecule has 92 valence electrons. The second-order valence-electron chi connectivity index (χ2n) is 4.09. The first-order valence-corrected chi connectivity index (χ1v) is 6.05. The van der Waals surface area contributed by atoms with Crippen LogP contribution in [0, 0.1) is 0 Å². The number of rotatable bonds is 3. The van der Waals surface area contributed by atoms with Crippen molar-refractivity contribution in [2.24, 2.45) is 5.73 Å². The van der Waals surface area contributed by atoms with Crippen molar-refractivity contribution >= 4 is 17.5 Å². The third-order valence-electron chi connectivity index (χ3n) is 3.00. The van der Waals surface area contributed by atoms with E-state index in [9.17, 15) is 4.79 Å². The zero-order valence-electron chi connectivity index (χ0n) is 9.53. The molecule has 0 aliphatic carbocycles. The Bertz CT molecular complexity index is 410. The smallest absolute Gasteiger partial charge is 0.234 e. The quantitative estimate of drug-likeness (QED) is 0.837. The maximum atomic E-state index is 11.4. The summed E-state index contributed by atoms with van der Waals surface area (Å²) in [6.07, 6.45) is 0. The van der Waals surface area contributed by atoms with E-state index in [4.69, 9.17) is 17.3 Å². The molecule has 1 amide bonds. The summed E-state index contributed by atoms with van der Waals surface area (Å²) in [7, 11) is 0. The van der Waals surface area contributed by atoms with Gasteiger partial charge in [0.25, 0.3) is 0 Å². The number of hydrogen-bond donors (Lipinski definition) is 2. The monoisotopic (exact) mass is 253 g/mol. The molecule has 1 aliphatic rings. The Balaban J connectivity index is 2.21. The maximum absolute atomic E-state index is 11.4. The van der Waals surface area contributed by atoms with Crippen LogP contribution < -0.4 is 11.1 Å². The van der Waals surface area contributed by atoms with Crippen molar-refractivity contribution in [3.8, 4) is 0 Å². The predicted octanol–water partition coefficient (Wildman–Crippen LogP) is 0.772. The molecule has 1 saturated heterocycles. The average Bonchev–Trinajstić information content (AvgIpc) is 2.33. The van der Waals surface area contributed by atoms with Gasteiger partial charge in [-0.25, -0.2) is 0 Å². The zero-order chi connectivity index (χ0) is 12.3. The molecule has 1 unspecified atom stereocenters. The molecule has 0 spiro atoms. The van der Waals surface area contributed by atoms with E-state index in [1.807, 2.05) is 24.3 Å². The topological polar surface area (TPSA) is 58.4 Å². The van der Waals surface area contributed by atoms with Crippen molar-refractivity contribution in [2.45, 2.75) is 6.04 Å². The average molecular weight is 254 g/mol. The Morgan fingerprint density at radius 2 is 2.24 bits per heavy atom. The number of benzene rings is 1. The lowest BCUT2D eigenvalue weighted by Gasteiger charge is -2.34. The Morgan fingerprint density at radius 1 is 1.47 bits per heavy atom. The summed E-state index contributed by atoms with van der Waals surface area (Å²) >= 11 is 6.17. The van der Waals surface area contributed by atoms with Gasteiger partial charge in [0.2, 0.25) is 5.91 Å². The molecule has 1 aromatic carbocycles. The number of carbonyl (C=O) groups is 1. The van der Waals surface area contributed by atoms with Crippen LogP contribution >= 0.6 is 11.6 Å². The van der Waals surface area contributed by atoms with E-state index >= 15 is 0 Å². The number of nitrogens with one attached hydrogen (secondary N) is 1. The highest BCUT2D eigenvalue weighted by molar-refractivity contribution is 6.31. The summed E-state index contributed by atoms with van der Waals surface area (Å²) < 4.78 is 0. The molecule has 0 aromatic heterocycles. The van der Waals surface area contributed by atoms with Gasteiger partial charge >= 0.3 is 0 Å². The van der Waals surface area contributed by atoms with Crippen molar-refractivity contribution in [1.82, 2.24) is 10.2 Å². The Hall–Kier alpha value is -1.10. The van der Waals surface area contributed by atoms with E-state index in [1.54, 1.807) is 0 Å². The van der Waals surface area contributed by atoms with Crippen molar-refractivity contribution in [2.75, 3.05) is 26.2 Å². The Morgan fingerprint density at radius 3 is 2.88 bits per heavy atom. The number of piperazine rings is 1. The molecule has 1 aromatic rings. The van der Waals surface area contributed by atoms with E-state index in [-0.39, 0.29) is 11.9 Å². The summed E-state index contributed by atoms with van der Waals surface area (Å²) in [5.41, 5.74) is 6.81. The number of hydrogen-bond acceptors (Lipinski definition) is 3. The van der Waals surface area contributed by atoms with E-state index in [0.717, 1.165) is 12.1 Å². The Kier molecular flexibility index (Phi) is 3.99. The van der Waals surface area contributed by atoms with E-state index < -0.39 is 0 Å². The lowest BCUT2D eigenvalue weighted by molar-refractivity contribution is -0.124. The number of nitrogens with zero attached hydrogens (tertiary/aromatic N) is 1. The van der Waals surface area contributed by atoms with Crippen molar-refractivity contribution in [1.29, 1.82) is 0 Å². The number of halogens is 1. The lowest BCUT2D eigenvalue weighted by atomic mass is 10.0. The molecule has 1 atom stereocenters. The van der Waals surface area contributed by atoms with Gasteiger partial charge < -0.3 is 11.1 Å². The van der Waals surface area contributed by atoms with Gasteiger partial charge in [-0.3, -0.25) is 9.69 Å². The molecule has 1 heterocycles. The molecule has 1 fully saturated rings. The SMILES string of the molecule is NCC(c1ccccc1Cl)N1CCNC(=O)C1. The van der Waals surface area contributed by atoms with Crippen LogP contribution in [0.3, 0.4) is 0 Å². The first-order chi connectivity index (χ1) is 8.22. The molecule has 3 N–H and O–H groups in total. The molecule has 2 rings (SSSR count). The largest absolute Gasteiger partial charge is 0.354 e. The highest BCUT2D eigenvalue weighted by Gasteiger charge is 2.25. The highest BCUT2D eigenvalue weighted by Crippen LogP contribution is 2.26. The van der Waals surface area contributed by atoms with Gasteiger partial charge in [0.05, 0.1) is 6.54 Å². The second-order valence-corrected chi connectivity index (χ2v) is 4.50. The van der Waals surface area contributed by atoms with Crippen molar-refractivity contribution in [3.05, 3.63) is 34.9 Å². The summed E-state index contributed by atoms with van der Waals surface area (Å²) in [5, 5.41) is 3.51. The minimum atomic E-state index is 0.00903. The maximum Gasteiger partial charge on any atom is 0.234 e. The summed E-state index contributed by atoms with van der Waals surface area (Å²) in [6.45, 7) is 2.31. The van der Waals surface area contributed by atoms with E-state index in [2.05, 4.69) is 10.2 Å². The molecule has 0 bridgehead atoms. The summed E-state index contributed by atoms with van der Waals surface area (Å²) in [6, 6.07) is 7.65. The molecule has 17 heavy (non-hydrogen) atoms. The van der Waals surface area contributed by atoms with E-state index in [0.29, 0.717) is 24.7 Å². The third-order valence-corrected chi connectivity index (χ3v) is 3.34. The van der Waals surface area contributed by atoms with Crippen molar-refractivity contribution in [3.63, 3.8) is 0 Å². The minimum Gasteiger partial charge on any atom is -0.354 e. The van der Waals surface area contributed by atoms with Crippen LogP contribution in [0.25, 0.3) is 0 Å². The molecule has 5 heteroatoms. The Labute approximate surface area is 106 Å². The second kappa shape index (κ2) is 5.49. The predicted molar refractivity (Wildman–Crippen MR) is 67.8 cm³/mol. The van der Waals surface area contributed by atoms with Gasteiger partial charge in [-0.05, 0) is 11.6 Å². The van der Waals surface area contributed by atoms with Gasteiger partial charge in [-0.15, -0.1) is 0 Å². The van der Waals surface area contributed by atoms with Crippen LogP contribution in [-0.4, -0.2) is 37.0 Å². The number of nitrogens with two attached hydrogens (primary N) is 1. The first-order valence-electron chi connectivity index (χ1n) is 5.67. The van der Waals surface area contributed by atoms with Crippen LogP contribution in [0.4, 0.5) is 0 Å². The zero-order valence-corrected chi connectivity index (χ0v) is 10.3. The first kappa shape index (κ1) is 12.4. The van der Waals surface area contributed by atoms with Crippen LogP contribution in [0.15, 0.2) is 24.3 Å². The fourth-order valence-electron chi connectivity index (χ4n) is 2.14. The minimum absolute atomic E-state index is 0.00903. The van der Waals surface area contributed by atoms with Crippen molar-refractivity contribution < 1.29 is 4.79 Å². The highest BCUT2D eigenvalue weighted by atomic mass is 35.5. The molecular formula is C12H16ClN3O.